The maximum Gasteiger partial charge on any atom is 0.128 e. The first kappa shape index (κ1) is 9.66. The van der Waals surface area contributed by atoms with E-state index in [9.17, 15) is 4.39 Å². The first-order valence-electron chi connectivity index (χ1n) is 5.20. The summed E-state index contributed by atoms with van der Waals surface area (Å²) >= 11 is 0. The summed E-state index contributed by atoms with van der Waals surface area (Å²) < 4.78 is 13.5. The van der Waals surface area contributed by atoms with Gasteiger partial charge in [-0.25, -0.2) is 4.39 Å². The molecule has 0 spiro atoms. The second kappa shape index (κ2) is 3.70. The highest BCUT2D eigenvalue weighted by Gasteiger charge is 2.27. The summed E-state index contributed by atoms with van der Waals surface area (Å²) in [5.74, 6) is 0.344. The van der Waals surface area contributed by atoms with Crippen LogP contribution < -0.4 is 5.73 Å². The van der Waals surface area contributed by atoms with Gasteiger partial charge in [0.2, 0.25) is 0 Å². The molecular formula is C12H16FN. The zero-order valence-corrected chi connectivity index (χ0v) is 8.46. The van der Waals surface area contributed by atoms with Gasteiger partial charge in [-0.05, 0) is 37.3 Å². The Bertz CT molecular complexity index is 331. The Balaban J connectivity index is 2.22. The van der Waals surface area contributed by atoms with Crippen LogP contribution in [0.1, 0.15) is 36.4 Å². The topological polar surface area (TPSA) is 26.0 Å². The predicted octanol–water partition coefficient (Wildman–Crippen LogP) is 2.93. The van der Waals surface area contributed by atoms with Gasteiger partial charge in [-0.1, -0.05) is 18.6 Å². The first-order valence-corrected chi connectivity index (χ1v) is 5.20. The number of benzene rings is 1. The Hall–Kier alpha value is -0.890. The van der Waals surface area contributed by atoms with Crippen LogP contribution >= 0.6 is 0 Å². The summed E-state index contributed by atoms with van der Waals surface area (Å²) in [7, 11) is 0. The van der Waals surface area contributed by atoms with Crippen molar-refractivity contribution in [2.75, 3.05) is 0 Å². The van der Waals surface area contributed by atoms with Crippen LogP contribution in [0.5, 0.6) is 0 Å². The highest BCUT2D eigenvalue weighted by Crippen LogP contribution is 2.36. The van der Waals surface area contributed by atoms with Gasteiger partial charge in [0, 0.05) is 11.6 Å². The lowest BCUT2D eigenvalue weighted by atomic mass is 9.77. The molecule has 1 aromatic carbocycles. The average Bonchev–Trinajstić information content (AvgIpc) is 2.00. The third-order valence-electron chi connectivity index (χ3n) is 3.17. The summed E-state index contributed by atoms with van der Waals surface area (Å²) in [6.07, 6.45) is 3.54. The smallest absolute Gasteiger partial charge is 0.128 e. The van der Waals surface area contributed by atoms with Gasteiger partial charge in [-0.15, -0.1) is 0 Å². The monoisotopic (exact) mass is 193 g/mol. The predicted molar refractivity (Wildman–Crippen MR) is 55.4 cm³/mol. The second-order valence-corrected chi connectivity index (χ2v) is 4.24. The molecule has 1 aromatic rings. The fourth-order valence-electron chi connectivity index (χ4n) is 1.96. The normalized spacial score (nSPS) is 19.1. The molecule has 1 aliphatic rings. The molecule has 0 radical (unpaired) electrons. The summed E-state index contributed by atoms with van der Waals surface area (Å²) in [4.78, 5) is 0. The Morgan fingerprint density at radius 2 is 2.14 bits per heavy atom. The average molecular weight is 193 g/mol. The molecule has 1 saturated carbocycles. The van der Waals surface area contributed by atoms with Gasteiger partial charge in [0.1, 0.15) is 5.82 Å². The van der Waals surface area contributed by atoms with Gasteiger partial charge < -0.3 is 5.73 Å². The molecular weight excluding hydrogens is 177 g/mol. The molecule has 0 aromatic heterocycles. The number of halogens is 1. The van der Waals surface area contributed by atoms with Crippen LogP contribution in [0.15, 0.2) is 18.2 Å². The van der Waals surface area contributed by atoms with Crippen LogP contribution in [-0.2, 0) is 0 Å². The first-order chi connectivity index (χ1) is 6.68. The molecule has 76 valence electrons. The van der Waals surface area contributed by atoms with Crippen LogP contribution in [0.2, 0.25) is 0 Å². The fraction of sp³-hybridized carbons (Fsp3) is 0.500. The van der Waals surface area contributed by atoms with Gasteiger partial charge in [0.25, 0.3) is 0 Å². The minimum Gasteiger partial charge on any atom is -0.324 e. The van der Waals surface area contributed by atoms with Crippen molar-refractivity contribution in [2.24, 2.45) is 11.7 Å². The molecule has 0 saturated heterocycles. The Morgan fingerprint density at radius 3 is 2.64 bits per heavy atom. The van der Waals surface area contributed by atoms with Gasteiger partial charge in [0.15, 0.2) is 0 Å². The van der Waals surface area contributed by atoms with Gasteiger partial charge in [-0.3, -0.25) is 0 Å². The van der Waals surface area contributed by atoms with Gasteiger partial charge >= 0.3 is 0 Å². The van der Waals surface area contributed by atoms with Crippen LogP contribution in [0, 0.1) is 18.7 Å². The number of aryl methyl sites for hydroxylation is 1. The quantitative estimate of drug-likeness (QED) is 0.767. The van der Waals surface area contributed by atoms with E-state index in [1.54, 1.807) is 6.07 Å². The number of rotatable bonds is 2. The molecule has 2 heteroatoms. The highest BCUT2D eigenvalue weighted by molar-refractivity contribution is 5.26. The lowest BCUT2D eigenvalue weighted by Gasteiger charge is -2.31. The molecule has 1 atom stereocenters. The van der Waals surface area contributed by atoms with Crippen LogP contribution in [-0.4, -0.2) is 0 Å². The van der Waals surface area contributed by atoms with E-state index in [4.69, 9.17) is 5.73 Å². The number of nitrogens with two attached hydrogens (primary N) is 1. The van der Waals surface area contributed by atoms with E-state index in [0.717, 1.165) is 18.4 Å². The van der Waals surface area contributed by atoms with Crippen molar-refractivity contribution in [3.8, 4) is 0 Å². The van der Waals surface area contributed by atoms with E-state index in [-0.39, 0.29) is 11.9 Å². The molecule has 1 nitrogen and oxygen atoms in total. The minimum atomic E-state index is -0.149. The minimum absolute atomic E-state index is 0.107. The summed E-state index contributed by atoms with van der Waals surface area (Å²) in [6.45, 7) is 1.89. The van der Waals surface area contributed by atoms with Crippen molar-refractivity contribution in [1.29, 1.82) is 0 Å². The molecule has 0 amide bonds. The van der Waals surface area contributed by atoms with E-state index >= 15 is 0 Å². The van der Waals surface area contributed by atoms with Crippen molar-refractivity contribution < 1.29 is 4.39 Å². The van der Waals surface area contributed by atoms with E-state index in [1.165, 1.54) is 6.42 Å². The van der Waals surface area contributed by atoms with E-state index in [2.05, 4.69) is 0 Å². The zero-order chi connectivity index (χ0) is 10.1. The molecule has 2 N–H and O–H groups in total. The number of hydrogen-bond acceptors (Lipinski definition) is 1. The second-order valence-electron chi connectivity index (χ2n) is 4.24. The van der Waals surface area contributed by atoms with Crippen LogP contribution in [0.4, 0.5) is 4.39 Å². The largest absolute Gasteiger partial charge is 0.324 e. The van der Waals surface area contributed by atoms with Crippen molar-refractivity contribution >= 4 is 0 Å². The van der Waals surface area contributed by atoms with Crippen molar-refractivity contribution in [3.63, 3.8) is 0 Å². The lowest BCUT2D eigenvalue weighted by molar-refractivity contribution is 0.260. The molecule has 1 aliphatic carbocycles. The Morgan fingerprint density at radius 1 is 1.43 bits per heavy atom. The Kier molecular flexibility index (Phi) is 2.55. The van der Waals surface area contributed by atoms with Crippen LogP contribution in [0.25, 0.3) is 0 Å². The highest BCUT2D eigenvalue weighted by atomic mass is 19.1. The summed E-state index contributed by atoms with van der Waals surface area (Å²) in [5.41, 5.74) is 7.64. The van der Waals surface area contributed by atoms with Crippen molar-refractivity contribution in [1.82, 2.24) is 0 Å². The van der Waals surface area contributed by atoms with Gasteiger partial charge in [0.05, 0.1) is 0 Å². The Labute approximate surface area is 84.1 Å². The molecule has 0 unspecified atom stereocenters. The third kappa shape index (κ3) is 1.67. The molecule has 0 aliphatic heterocycles. The van der Waals surface area contributed by atoms with E-state index in [1.807, 2.05) is 19.1 Å². The van der Waals surface area contributed by atoms with Gasteiger partial charge in [-0.2, -0.15) is 0 Å². The summed E-state index contributed by atoms with van der Waals surface area (Å²) in [6, 6.07) is 5.21. The van der Waals surface area contributed by atoms with E-state index < -0.39 is 0 Å². The lowest BCUT2D eigenvalue weighted by Crippen LogP contribution is -2.27. The molecule has 0 heterocycles. The van der Waals surface area contributed by atoms with Crippen LogP contribution in [0.3, 0.4) is 0 Å². The molecule has 14 heavy (non-hydrogen) atoms. The SMILES string of the molecule is Cc1ccc([C@H](N)C2CCC2)c(F)c1. The third-order valence-corrected chi connectivity index (χ3v) is 3.17. The standard InChI is InChI=1S/C12H16FN/c1-8-5-6-10(11(13)7-8)12(14)9-3-2-4-9/h5-7,9,12H,2-4,14H2,1H3/t12-/m1/s1. The maximum atomic E-state index is 13.5. The van der Waals surface area contributed by atoms with Crippen molar-refractivity contribution in [2.45, 2.75) is 32.2 Å². The van der Waals surface area contributed by atoms with E-state index in [0.29, 0.717) is 11.5 Å². The van der Waals surface area contributed by atoms with Crippen molar-refractivity contribution in [3.05, 3.63) is 35.1 Å². The zero-order valence-electron chi connectivity index (χ0n) is 8.46. The molecule has 0 bridgehead atoms. The molecule has 1 fully saturated rings. The fourth-order valence-corrected chi connectivity index (χ4v) is 1.96. The number of hydrogen-bond donors (Lipinski definition) is 1. The summed E-state index contributed by atoms with van der Waals surface area (Å²) in [5, 5.41) is 0. The molecule has 2 rings (SSSR count). The maximum absolute atomic E-state index is 13.5.